The molecule has 0 aliphatic heterocycles. The molecule has 0 aromatic rings. The minimum absolute atomic E-state index is 0.236. The van der Waals surface area contributed by atoms with Crippen molar-refractivity contribution in [3.05, 3.63) is 0 Å². The third-order valence-electron chi connectivity index (χ3n) is 3.09. The summed E-state index contributed by atoms with van der Waals surface area (Å²) in [7, 11) is 0. The van der Waals surface area contributed by atoms with Crippen LogP contribution in [0.2, 0.25) is 0 Å². The van der Waals surface area contributed by atoms with Gasteiger partial charge < -0.3 is 10.1 Å². The molecule has 0 aromatic heterocycles. The number of hydrogen-bond donors (Lipinski definition) is 1. The monoisotopic (exact) mass is 219 g/mol. The topological polar surface area (TPSA) is 21.3 Å². The van der Waals surface area contributed by atoms with Gasteiger partial charge in [0.25, 0.3) is 0 Å². The maximum absolute atomic E-state index is 6.13. The molecule has 0 spiro atoms. The standard InChI is InChI=1S/C11H22ClNO/c1-8(2)14-6-5-13-10-7-9(12)11(10,3)4/h8-10,13H,5-7H2,1-4H3. The van der Waals surface area contributed by atoms with Gasteiger partial charge in [-0.3, -0.25) is 0 Å². The summed E-state index contributed by atoms with van der Waals surface area (Å²) in [6, 6.07) is 0.556. The van der Waals surface area contributed by atoms with Crippen LogP contribution >= 0.6 is 11.6 Å². The van der Waals surface area contributed by atoms with Crippen LogP contribution in [0.1, 0.15) is 34.1 Å². The van der Waals surface area contributed by atoms with Crippen LogP contribution in [0, 0.1) is 5.41 Å². The SMILES string of the molecule is CC(C)OCCNC1CC(Cl)C1(C)C. The first-order valence-corrected chi connectivity index (χ1v) is 5.87. The third kappa shape index (κ3) is 2.85. The first kappa shape index (κ1) is 12.3. The van der Waals surface area contributed by atoms with Crippen LogP contribution < -0.4 is 5.32 Å². The lowest BCUT2D eigenvalue weighted by atomic mass is 9.67. The van der Waals surface area contributed by atoms with Gasteiger partial charge in [0.15, 0.2) is 0 Å². The van der Waals surface area contributed by atoms with Crippen LogP contribution in [0.4, 0.5) is 0 Å². The molecule has 1 rings (SSSR count). The van der Waals surface area contributed by atoms with Crippen molar-refractivity contribution < 1.29 is 4.74 Å². The molecule has 0 bridgehead atoms. The van der Waals surface area contributed by atoms with Crippen molar-refractivity contribution in [2.45, 2.75) is 51.6 Å². The van der Waals surface area contributed by atoms with Gasteiger partial charge in [-0.15, -0.1) is 11.6 Å². The molecule has 2 atom stereocenters. The molecule has 2 nitrogen and oxygen atoms in total. The Balaban J connectivity index is 2.09. The van der Waals surface area contributed by atoms with Crippen LogP contribution in [0.5, 0.6) is 0 Å². The fourth-order valence-corrected chi connectivity index (χ4v) is 2.08. The largest absolute Gasteiger partial charge is 0.377 e. The van der Waals surface area contributed by atoms with Gasteiger partial charge in [-0.05, 0) is 25.7 Å². The highest BCUT2D eigenvalue weighted by Gasteiger charge is 2.46. The van der Waals surface area contributed by atoms with E-state index in [1.165, 1.54) is 0 Å². The van der Waals surface area contributed by atoms with E-state index in [2.05, 4.69) is 33.0 Å². The fraction of sp³-hybridized carbons (Fsp3) is 1.00. The average molecular weight is 220 g/mol. The number of rotatable bonds is 5. The molecule has 14 heavy (non-hydrogen) atoms. The van der Waals surface area contributed by atoms with E-state index < -0.39 is 0 Å². The van der Waals surface area contributed by atoms with Gasteiger partial charge in [0, 0.05) is 18.0 Å². The smallest absolute Gasteiger partial charge is 0.0594 e. The lowest BCUT2D eigenvalue weighted by molar-refractivity contribution is 0.0628. The molecule has 0 saturated heterocycles. The molecule has 1 aliphatic rings. The van der Waals surface area contributed by atoms with Crippen LogP contribution in [-0.4, -0.2) is 30.7 Å². The van der Waals surface area contributed by atoms with Crippen molar-refractivity contribution in [3.8, 4) is 0 Å². The molecule has 0 aromatic carbocycles. The summed E-state index contributed by atoms with van der Waals surface area (Å²) >= 11 is 6.13. The average Bonchev–Trinajstić information content (AvgIpc) is 2.10. The van der Waals surface area contributed by atoms with Crippen LogP contribution in [0.25, 0.3) is 0 Å². The maximum atomic E-state index is 6.13. The molecule has 2 unspecified atom stereocenters. The number of alkyl halides is 1. The molecule has 84 valence electrons. The van der Waals surface area contributed by atoms with Gasteiger partial charge in [0.2, 0.25) is 0 Å². The van der Waals surface area contributed by atoms with E-state index in [0.717, 1.165) is 19.6 Å². The fourth-order valence-electron chi connectivity index (χ4n) is 1.75. The molecular weight excluding hydrogens is 198 g/mol. The Morgan fingerprint density at radius 2 is 2.14 bits per heavy atom. The Hall–Kier alpha value is 0.210. The Bertz CT molecular complexity index is 182. The van der Waals surface area contributed by atoms with Crippen molar-refractivity contribution in [3.63, 3.8) is 0 Å². The Morgan fingerprint density at radius 1 is 1.50 bits per heavy atom. The summed E-state index contributed by atoms with van der Waals surface area (Å²) in [6.45, 7) is 10.3. The molecular formula is C11H22ClNO. The predicted octanol–water partition coefficient (Wildman–Crippen LogP) is 2.41. The first-order valence-electron chi connectivity index (χ1n) is 5.43. The van der Waals surface area contributed by atoms with E-state index in [1.807, 2.05) is 0 Å². The third-order valence-corrected chi connectivity index (χ3v) is 3.83. The molecule has 1 aliphatic carbocycles. The van der Waals surface area contributed by atoms with Gasteiger partial charge in [-0.25, -0.2) is 0 Å². The Morgan fingerprint density at radius 3 is 2.57 bits per heavy atom. The van der Waals surface area contributed by atoms with Gasteiger partial charge >= 0.3 is 0 Å². The lowest BCUT2D eigenvalue weighted by Gasteiger charge is -2.49. The van der Waals surface area contributed by atoms with Crippen LogP contribution in [0.15, 0.2) is 0 Å². The van der Waals surface area contributed by atoms with Gasteiger partial charge in [-0.2, -0.15) is 0 Å². The predicted molar refractivity (Wildman–Crippen MR) is 60.9 cm³/mol. The van der Waals surface area contributed by atoms with E-state index in [-0.39, 0.29) is 5.41 Å². The number of halogens is 1. The van der Waals surface area contributed by atoms with E-state index in [9.17, 15) is 0 Å². The molecule has 1 fully saturated rings. The molecule has 1 saturated carbocycles. The van der Waals surface area contributed by atoms with Crippen LogP contribution in [0.3, 0.4) is 0 Å². The number of ether oxygens (including phenoxy) is 1. The summed E-state index contributed by atoms with van der Waals surface area (Å²) in [4.78, 5) is 0. The van der Waals surface area contributed by atoms with Crippen molar-refractivity contribution in [2.75, 3.05) is 13.2 Å². The first-order chi connectivity index (χ1) is 6.44. The van der Waals surface area contributed by atoms with Crippen molar-refractivity contribution in [1.82, 2.24) is 5.32 Å². The zero-order valence-corrected chi connectivity index (χ0v) is 10.4. The summed E-state index contributed by atoms with van der Waals surface area (Å²) in [5.41, 5.74) is 0.236. The maximum Gasteiger partial charge on any atom is 0.0594 e. The van der Waals surface area contributed by atoms with Crippen LogP contribution in [-0.2, 0) is 4.74 Å². The van der Waals surface area contributed by atoms with Gasteiger partial charge in [0.1, 0.15) is 0 Å². The van der Waals surface area contributed by atoms with Gasteiger partial charge in [-0.1, -0.05) is 13.8 Å². The van der Waals surface area contributed by atoms with E-state index in [4.69, 9.17) is 16.3 Å². The lowest BCUT2D eigenvalue weighted by Crippen LogP contribution is -2.58. The Kier molecular flexibility index (Phi) is 4.23. The van der Waals surface area contributed by atoms with E-state index >= 15 is 0 Å². The molecule has 0 amide bonds. The highest BCUT2D eigenvalue weighted by Crippen LogP contribution is 2.44. The second kappa shape index (κ2) is 4.82. The quantitative estimate of drug-likeness (QED) is 0.567. The molecule has 3 heteroatoms. The minimum atomic E-state index is 0.236. The normalized spacial score (nSPS) is 30.4. The highest BCUT2D eigenvalue weighted by molar-refractivity contribution is 6.21. The van der Waals surface area contributed by atoms with Crippen molar-refractivity contribution in [1.29, 1.82) is 0 Å². The number of hydrogen-bond acceptors (Lipinski definition) is 2. The minimum Gasteiger partial charge on any atom is -0.377 e. The highest BCUT2D eigenvalue weighted by atomic mass is 35.5. The molecule has 1 N–H and O–H groups in total. The van der Waals surface area contributed by atoms with E-state index in [1.54, 1.807) is 0 Å². The molecule has 0 heterocycles. The zero-order chi connectivity index (χ0) is 10.8. The zero-order valence-electron chi connectivity index (χ0n) is 9.64. The van der Waals surface area contributed by atoms with Crippen molar-refractivity contribution >= 4 is 11.6 Å². The van der Waals surface area contributed by atoms with Gasteiger partial charge in [0.05, 0.1) is 12.7 Å². The summed E-state index contributed by atoms with van der Waals surface area (Å²) in [5, 5.41) is 3.81. The summed E-state index contributed by atoms with van der Waals surface area (Å²) < 4.78 is 5.46. The van der Waals surface area contributed by atoms with E-state index in [0.29, 0.717) is 17.5 Å². The summed E-state index contributed by atoms with van der Waals surface area (Å²) in [6.07, 6.45) is 1.41. The number of nitrogens with one attached hydrogen (secondary N) is 1. The van der Waals surface area contributed by atoms with Crippen molar-refractivity contribution in [2.24, 2.45) is 5.41 Å². The second-order valence-corrected chi connectivity index (χ2v) is 5.48. The summed E-state index contributed by atoms with van der Waals surface area (Å²) in [5.74, 6) is 0. The molecule has 0 radical (unpaired) electrons. The Labute approximate surface area is 92.3 Å². The second-order valence-electron chi connectivity index (χ2n) is 4.95.